The van der Waals surface area contributed by atoms with Gasteiger partial charge in [0.15, 0.2) is 0 Å². The summed E-state index contributed by atoms with van der Waals surface area (Å²) in [5.41, 5.74) is 0. The van der Waals surface area contributed by atoms with Crippen molar-refractivity contribution in [3.8, 4) is 0 Å². The lowest BCUT2D eigenvalue weighted by molar-refractivity contribution is -0.0821. The summed E-state index contributed by atoms with van der Waals surface area (Å²) in [6.07, 6.45) is 21.1. The van der Waals surface area contributed by atoms with Gasteiger partial charge in [0.25, 0.3) is 0 Å². The zero-order valence-corrected chi connectivity index (χ0v) is 22.9. The lowest BCUT2D eigenvalue weighted by Gasteiger charge is -2.43. The fourth-order valence-corrected chi connectivity index (χ4v) is 8.95. The molecule has 0 atom stereocenters. The molecule has 0 unspecified atom stereocenters. The normalized spacial score (nSPS) is 39.2. The number of hydrogen-bond donors (Lipinski definition) is 0. The topological polar surface area (TPSA) is 0 Å². The molecular formula is C32H52F4. The van der Waals surface area contributed by atoms with E-state index in [2.05, 4.69) is 6.92 Å². The van der Waals surface area contributed by atoms with Gasteiger partial charge in [0.2, 0.25) is 0 Å². The predicted molar refractivity (Wildman–Crippen MR) is 141 cm³/mol. The Kier molecular flexibility index (Phi) is 10.7. The van der Waals surface area contributed by atoms with Crippen LogP contribution in [0.2, 0.25) is 0 Å². The average Bonchev–Trinajstić information content (AvgIpc) is 2.89. The van der Waals surface area contributed by atoms with Crippen molar-refractivity contribution < 1.29 is 17.6 Å². The molecule has 0 aromatic carbocycles. The highest BCUT2D eigenvalue weighted by Gasteiger charge is 2.37. The van der Waals surface area contributed by atoms with Crippen LogP contribution in [-0.2, 0) is 0 Å². The molecule has 0 aliphatic heterocycles. The van der Waals surface area contributed by atoms with Gasteiger partial charge in [-0.25, -0.2) is 4.39 Å². The van der Waals surface area contributed by atoms with E-state index in [-0.39, 0.29) is 6.08 Å². The molecular weight excluding hydrogens is 460 g/mol. The first-order valence-electron chi connectivity index (χ1n) is 15.8. The highest BCUT2D eigenvalue weighted by atomic mass is 19.4. The second-order valence-electron chi connectivity index (χ2n) is 13.3. The Morgan fingerprint density at radius 2 is 0.944 bits per heavy atom. The summed E-state index contributed by atoms with van der Waals surface area (Å²) in [6, 6.07) is 0. The molecule has 0 radical (unpaired) electrons. The number of allylic oxidation sites excluding steroid dienone is 2. The first-order chi connectivity index (χ1) is 17.3. The van der Waals surface area contributed by atoms with Gasteiger partial charge in [-0.05, 0) is 131 Å². The highest BCUT2D eigenvalue weighted by Crippen LogP contribution is 2.49. The van der Waals surface area contributed by atoms with E-state index in [1.54, 1.807) is 0 Å². The summed E-state index contributed by atoms with van der Waals surface area (Å²) in [7, 11) is 0. The van der Waals surface area contributed by atoms with Crippen LogP contribution in [0.15, 0.2) is 11.9 Å². The molecule has 4 fully saturated rings. The molecule has 208 valence electrons. The van der Waals surface area contributed by atoms with Gasteiger partial charge >= 0.3 is 6.18 Å². The third-order valence-corrected chi connectivity index (χ3v) is 11.2. The van der Waals surface area contributed by atoms with Crippen molar-refractivity contribution in [3.63, 3.8) is 0 Å². The van der Waals surface area contributed by atoms with Crippen LogP contribution in [-0.4, -0.2) is 6.18 Å². The minimum absolute atomic E-state index is 0.114. The molecule has 0 saturated heterocycles. The maximum absolute atomic E-state index is 14.0. The molecule has 4 aliphatic carbocycles. The number of halogens is 4. The van der Waals surface area contributed by atoms with Gasteiger partial charge in [0.05, 0.1) is 6.08 Å². The Morgan fingerprint density at radius 3 is 1.31 bits per heavy atom. The second kappa shape index (κ2) is 13.5. The minimum atomic E-state index is -4.54. The van der Waals surface area contributed by atoms with Crippen molar-refractivity contribution in [3.05, 3.63) is 11.9 Å². The Morgan fingerprint density at radius 1 is 0.583 bits per heavy atom. The van der Waals surface area contributed by atoms with Crippen molar-refractivity contribution in [2.45, 2.75) is 142 Å². The van der Waals surface area contributed by atoms with Crippen LogP contribution in [0.25, 0.3) is 0 Å². The Hall–Kier alpha value is -0.540. The summed E-state index contributed by atoms with van der Waals surface area (Å²) in [4.78, 5) is 0. The summed E-state index contributed by atoms with van der Waals surface area (Å²) in [6.45, 7) is 2.31. The molecule has 0 spiro atoms. The summed E-state index contributed by atoms with van der Waals surface area (Å²) in [5.74, 6) is 4.74. The number of hydrogen-bond acceptors (Lipinski definition) is 0. The van der Waals surface area contributed by atoms with Gasteiger partial charge in [-0.1, -0.05) is 45.4 Å². The quantitative estimate of drug-likeness (QED) is 0.224. The predicted octanol–water partition coefficient (Wildman–Crippen LogP) is 11.2. The summed E-state index contributed by atoms with van der Waals surface area (Å²) in [5, 5.41) is 0. The highest BCUT2D eigenvalue weighted by molar-refractivity contribution is 5.03. The van der Waals surface area contributed by atoms with Crippen molar-refractivity contribution in [1.82, 2.24) is 0 Å². The molecule has 0 nitrogen and oxygen atoms in total. The Balaban J connectivity index is 1.12. The fourth-order valence-electron chi connectivity index (χ4n) is 8.95. The maximum Gasteiger partial charge on any atom is 0.412 e. The van der Waals surface area contributed by atoms with Crippen LogP contribution in [0.4, 0.5) is 17.6 Å². The first kappa shape index (κ1) is 28.5. The van der Waals surface area contributed by atoms with Crippen molar-refractivity contribution in [2.24, 2.45) is 47.3 Å². The molecule has 4 aliphatic rings. The molecule has 0 N–H and O–H groups in total. The fraction of sp³-hybridized carbons (Fsp3) is 0.938. The van der Waals surface area contributed by atoms with Gasteiger partial charge in [-0.15, -0.1) is 0 Å². The Labute approximate surface area is 218 Å². The third-order valence-electron chi connectivity index (χ3n) is 11.2. The van der Waals surface area contributed by atoms with E-state index in [1.165, 1.54) is 103 Å². The van der Waals surface area contributed by atoms with E-state index < -0.39 is 17.9 Å². The van der Waals surface area contributed by atoms with Gasteiger partial charge in [0, 0.05) is 5.92 Å². The molecule has 0 aromatic heterocycles. The largest absolute Gasteiger partial charge is 0.412 e. The van der Waals surface area contributed by atoms with E-state index in [4.69, 9.17) is 0 Å². The lowest BCUT2D eigenvalue weighted by Crippen LogP contribution is -2.31. The SMILES string of the molecule is CCCCCC1CCC(C2CCC(C3CCC(C4CCC(C(F)=CC(F)(F)F)CC4)CC3)CC2)CC1. The summed E-state index contributed by atoms with van der Waals surface area (Å²) < 4.78 is 51.4. The number of unbranched alkanes of at least 4 members (excludes halogenated alkanes) is 2. The molecule has 0 heterocycles. The molecule has 0 bridgehead atoms. The van der Waals surface area contributed by atoms with Crippen molar-refractivity contribution in [2.75, 3.05) is 0 Å². The van der Waals surface area contributed by atoms with Crippen LogP contribution in [0.5, 0.6) is 0 Å². The van der Waals surface area contributed by atoms with Gasteiger partial charge in [-0.2, -0.15) is 13.2 Å². The number of alkyl halides is 3. The first-order valence-corrected chi connectivity index (χ1v) is 15.8. The smallest absolute Gasteiger partial charge is 0.212 e. The van der Waals surface area contributed by atoms with Crippen molar-refractivity contribution >= 4 is 0 Å². The van der Waals surface area contributed by atoms with E-state index in [0.717, 1.165) is 48.3 Å². The van der Waals surface area contributed by atoms with Crippen LogP contribution in [0, 0.1) is 47.3 Å². The Bertz CT molecular complexity index is 650. The van der Waals surface area contributed by atoms with E-state index in [1.807, 2.05) is 0 Å². The van der Waals surface area contributed by atoms with E-state index in [9.17, 15) is 17.6 Å². The van der Waals surface area contributed by atoms with Gasteiger partial charge < -0.3 is 0 Å². The maximum atomic E-state index is 14.0. The molecule has 4 heteroatoms. The molecule has 36 heavy (non-hydrogen) atoms. The third kappa shape index (κ3) is 8.23. The van der Waals surface area contributed by atoms with Crippen LogP contribution in [0.1, 0.15) is 135 Å². The molecule has 0 amide bonds. The van der Waals surface area contributed by atoms with Gasteiger partial charge in [-0.3, -0.25) is 0 Å². The molecule has 0 aromatic rings. The monoisotopic (exact) mass is 512 g/mol. The van der Waals surface area contributed by atoms with Gasteiger partial charge in [0.1, 0.15) is 5.83 Å². The zero-order chi connectivity index (χ0) is 25.5. The van der Waals surface area contributed by atoms with Crippen LogP contribution in [0.3, 0.4) is 0 Å². The van der Waals surface area contributed by atoms with Crippen LogP contribution >= 0.6 is 0 Å². The second-order valence-corrected chi connectivity index (χ2v) is 13.3. The molecule has 4 rings (SSSR count). The standard InChI is InChI=1S/C32H52F4/c1-2-3-4-5-23-6-8-24(9-7-23)25-10-12-26(13-11-25)27-14-16-28(17-15-27)29-18-20-30(21-19-29)31(33)22-32(34,35)36/h22-30H,2-21H2,1H3. The van der Waals surface area contributed by atoms with E-state index >= 15 is 0 Å². The molecule has 4 saturated carbocycles. The van der Waals surface area contributed by atoms with Crippen molar-refractivity contribution in [1.29, 1.82) is 0 Å². The lowest BCUT2D eigenvalue weighted by atomic mass is 9.63. The van der Waals surface area contributed by atoms with E-state index in [0.29, 0.717) is 18.8 Å². The zero-order valence-electron chi connectivity index (χ0n) is 22.9. The average molecular weight is 513 g/mol. The number of rotatable bonds is 8. The minimum Gasteiger partial charge on any atom is -0.212 e. The summed E-state index contributed by atoms with van der Waals surface area (Å²) >= 11 is 0. The van der Waals surface area contributed by atoms with Crippen LogP contribution < -0.4 is 0 Å².